The molecule has 2 rings (SSSR count). The van der Waals surface area contributed by atoms with Crippen molar-refractivity contribution >= 4 is 5.96 Å². The van der Waals surface area contributed by atoms with Gasteiger partial charge >= 0.3 is 0 Å². The Morgan fingerprint density at radius 3 is 2.64 bits per heavy atom. The first-order valence-electron chi connectivity index (χ1n) is 9.18. The van der Waals surface area contributed by atoms with Gasteiger partial charge in [0.2, 0.25) is 0 Å². The van der Waals surface area contributed by atoms with Crippen molar-refractivity contribution in [3.63, 3.8) is 0 Å². The van der Waals surface area contributed by atoms with Crippen molar-refractivity contribution in [1.29, 1.82) is 0 Å². The molecule has 0 bridgehead atoms. The number of hydrogen-bond acceptors (Lipinski definition) is 3. The lowest BCUT2D eigenvalue weighted by atomic mass is 9.85. The summed E-state index contributed by atoms with van der Waals surface area (Å²) >= 11 is 0. The third-order valence-corrected chi connectivity index (χ3v) is 4.75. The number of nitrogens with one attached hydrogen (secondary N) is 1. The van der Waals surface area contributed by atoms with Crippen LogP contribution in [-0.4, -0.2) is 57.9 Å². The van der Waals surface area contributed by atoms with Crippen molar-refractivity contribution in [2.75, 3.05) is 47.0 Å². The fourth-order valence-corrected chi connectivity index (χ4v) is 3.08. The van der Waals surface area contributed by atoms with Crippen molar-refractivity contribution < 1.29 is 9.47 Å². The lowest BCUT2D eigenvalue weighted by Crippen LogP contribution is -2.42. The monoisotopic (exact) mass is 347 g/mol. The van der Waals surface area contributed by atoms with Crippen LogP contribution in [0.4, 0.5) is 0 Å². The van der Waals surface area contributed by atoms with Crippen LogP contribution in [0, 0.1) is 5.92 Å². The van der Waals surface area contributed by atoms with Crippen LogP contribution in [0.2, 0.25) is 0 Å². The minimum absolute atomic E-state index is 0.0374. The van der Waals surface area contributed by atoms with Gasteiger partial charge in [-0.15, -0.1) is 0 Å². The van der Waals surface area contributed by atoms with Crippen LogP contribution in [0.15, 0.2) is 29.3 Å². The summed E-state index contributed by atoms with van der Waals surface area (Å²) in [5.41, 5.74) is 1.23. The second-order valence-electron chi connectivity index (χ2n) is 7.39. The van der Waals surface area contributed by atoms with E-state index in [1.54, 1.807) is 7.11 Å². The molecule has 1 atom stereocenters. The zero-order valence-electron chi connectivity index (χ0n) is 16.3. The Morgan fingerprint density at radius 2 is 2.08 bits per heavy atom. The highest BCUT2D eigenvalue weighted by atomic mass is 16.5. The quantitative estimate of drug-likeness (QED) is 0.608. The van der Waals surface area contributed by atoms with Gasteiger partial charge in [-0.25, -0.2) is 0 Å². The minimum atomic E-state index is -0.0374. The maximum atomic E-state index is 5.49. The van der Waals surface area contributed by atoms with Gasteiger partial charge in [-0.3, -0.25) is 4.99 Å². The van der Waals surface area contributed by atoms with Crippen LogP contribution in [0.5, 0.6) is 5.75 Å². The number of nitrogens with zero attached hydrogens (tertiary/aromatic N) is 2. The molecule has 0 saturated carbocycles. The van der Waals surface area contributed by atoms with Gasteiger partial charge in [0.05, 0.1) is 20.3 Å². The molecule has 140 valence electrons. The van der Waals surface area contributed by atoms with E-state index in [1.807, 2.05) is 12.1 Å². The van der Waals surface area contributed by atoms with Crippen molar-refractivity contribution in [3.8, 4) is 5.75 Å². The molecule has 1 fully saturated rings. The highest BCUT2D eigenvalue weighted by Crippen LogP contribution is 2.25. The van der Waals surface area contributed by atoms with E-state index in [2.05, 4.69) is 50.2 Å². The van der Waals surface area contributed by atoms with Crippen LogP contribution in [0.3, 0.4) is 0 Å². The van der Waals surface area contributed by atoms with Gasteiger partial charge in [0.1, 0.15) is 5.75 Å². The molecule has 5 nitrogen and oxygen atoms in total. The molecule has 1 heterocycles. The third-order valence-electron chi connectivity index (χ3n) is 4.75. The van der Waals surface area contributed by atoms with E-state index in [-0.39, 0.29) is 5.41 Å². The van der Waals surface area contributed by atoms with Gasteiger partial charge in [0, 0.05) is 38.1 Å². The predicted molar refractivity (Wildman–Crippen MR) is 104 cm³/mol. The van der Waals surface area contributed by atoms with E-state index in [9.17, 15) is 0 Å². The Balaban J connectivity index is 2.04. The number of ether oxygens (including phenoxy) is 2. The predicted octanol–water partition coefficient (Wildman–Crippen LogP) is 2.91. The van der Waals surface area contributed by atoms with Crippen molar-refractivity contribution in [1.82, 2.24) is 10.2 Å². The molecule has 1 N–H and O–H groups in total. The Hall–Kier alpha value is -1.75. The summed E-state index contributed by atoms with van der Waals surface area (Å²) in [6, 6.07) is 8.28. The Labute approximate surface area is 152 Å². The van der Waals surface area contributed by atoms with E-state index in [4.69, 9.17) is 14.5 Å². The van der Waals surface area contributed by atoms with Gasteiger partial charge in [-0.1, -0.05) is 26.0 Å². The Morgan fingerprint density at radius 1 is 1.36 bits per heavy atom. The van der Waals surface area contributed by atoms with Gasteiger partial charge in [-0.2, -0.15) is 0 Å². The molecule has 0 radical (unpaired) electrons. The van der Waals surface area contributed by atoms with E-state index in [0.717, 1.165) is 51.0 Å². The highest BCUT2D eigenvalue weighted by molar-refractivity contribution is 5.79. The van der Waals surface area contributed by atoms with Gasteiger partial charge in [0.25, 0.3) is 0 Å². The molecule has 25 heavy (non-hydrogen) atoms. The average molecular weight is 348 g/mol. The third kappa shape index (κ3) is 5.63. The Kier molecular flexibility index (Phi) is 7.12. The summed E-state index contributed by atoms with van der Waals surface area (Å²) in [4.78, 5) is 7.13. The SMILES string of the molecule is CCNC(=NCC(C)(C)c1ccc(OC)cc1)N(C)CC1CCOC1. The first-order valence-corrected chi connectivity index (χ1v) is 9.18. The van der Waals surface area contributed by atoms with Crippen molar-refractivity contribution in [2.24, 2.45) is 10.9 Å². The molecule has 1 unspecified atom stereocenters. The van der Waals surface area contributed by atoms with Crippen LogP contribution in [0.1, 0.15) is 32.8 Å². The van der Waals surface area contributed by atoms with Crippen LogP contribution >= 0.6 is 0 Å². The average Bonchev–Trinajstić information content (AvgIpc) is 3.11. The summed E-state index contributed by atoms with van der Waals surface area (Å²) in [7, 11) is 3.80. The minimum Gasteiger partial charge on any atom is -0.497 e. The molecular formula is C20H33N3O2. The summed E-state index contributed by atoms with van der Waals surface area (Å²) in [5, 5.41) is 3.41. The van der Waals surface area contributed by atoms with Crippen LogP contribution < -0.4 is 10.1 Å². The second kappa shape index (κ2) is 9.09. The summed E-state index contributed by atoms with van der Waals surface area (Å²) in [5.74, 6) is 2.45. The molecule has 0 aliphatic carbocycles. The van der Waals surface area contributed by atoms with Crippen molar-refractivity contribution in [2.45, 2.75) is 32.6 Å². The normalized spacial score (nSPS) is 18.3. The maximum Gasteiger partial charge on any atom is 0.193 e. The zero-order chi connectivity index (χ0) is 18.3. The fraction of sp³-hybridized carbons (Fsp3) is 0.650. The lowest BCUT2D eigenvalue weighted by Gasteiger charge is -2.27. The first kappa shape index (κ1) is 19.6. The molecule has 0 amide bonds. The number of benzene rings is 1. The largest absolute Gasteiger partial charge is 0.497 e. The molecule has 0 spiro atoms. The van der Waals surface area contributed by atoms with Crippen molar-refractivity contribution in [3.05, 3.63) is 29.8 Å². The fourth-order valence-electron chi connectivity index (χ4n) is 3.08. The summed E-state index contributed by atoms with van der Waals surface area (Å²) < 4.78 is 10.7. The first-order chi connectivity index (χ1) is 12.0. The molecule has 1 saturated heterocycles. The van der Waals surface area contributed by atoms with Crippen LogP contribution in [0.25, 0.3) is 0 Å². The molecule has 1 aromatic rings. The smallest absolute Gasteiger partial charge is 0.193 e. The molecule has 0 aromatic heterocycles. The standard InChI is InChI=1S/C20H33N3O2/c1-6-21-19(23(4)13-16-11-12-25-14-16)22-15-20(2,3)17-7-9-18(24-5)10-8-17/h7-10,16H,6,11-15H2,1-5H3,(H,21,22). The second-order valence-corrected chi connectivity index (χ2v) is 7.39. The van der Waals surface area contributed by atoms with E-state index in [1.165, 1.54) is 5.56 Å². The zero-order valence-corrected chi connectivity index (χ0v) is 16.3. The molecule has 5 heteroatoms. The summed E-state index contributed by atoms with van der Waals surface area (Å²) in [6.07, 6.45) is 1.14. The Bertz CT molecular complexity index is 549. The molecule has 1 aliphatic rings. The number of methoxy groups -OCH3 is 1. The van der Waals surface area contributed by atoms with Gasteiger partial charge in [0.15, 0.2) is 5.96 Å². The molecular weight excluding hydrogens is 314 g/mol. The molecule has 1 aromatic carbocycles. The van der Waals surface area contributed by atoms with E-state index in [0.29, 0.717) is 5.92 Å². The number of rotatable bonds is 7. The topological polar surface area (TPSA) is 46.1 Å². The summed E-state index contributed by atoms with van der Waals surface area (Å²) in [6.45, 7) is 10.9. The number of aliphatic imine (C=N–C) groups is 1. The van der Waals surface area contributed by atoms with Gasteiger partial charge < -0.3 is 19.7 Å². The molecule has 1 aliphatic heterocycles. The lowest BCUT2D eigenvalue weighted by molar-refractivity contribution is 0.181. The highest BCUT2D eigenvalue weighted by Gasteiger charge is 2.22. The van der Waals surface area contributed by atoms with E-state index >= 15 is 0 Å². The van der Waals surface area contributed by atoms with Crippen LogP contribution in [-0.2, 0) is 10.2 Å². The van der Waals surface area contributed by atoms with E-state index < -0.39 is 0 Å². The number of guanidine groups is 1. The maximum absolute atomic E-state index is 5.49. The van der Waals surface area contributed by atoms with Gasteiger partial charge in [-0.05, 0) is 31.0 Å². The number of hydrogen-bond donors (Lipinski definition) is 1.